The molecule has 3 rings (SSSR count). The molecule has 0 radical (unpaired) electrons. The molecule has 1 atom stereocenters. The first-order valence-corrected chi connectivity index (χ1v) is 8.93. The van der Waals surface area contributed by atoms with Gasteiger partial charge in [-0.1, -0.05) is 0 Å². The fourth-order valence-electron chi connectivity index (χ4n) is 3.95. The number of nitrogens with zero attached hydrogens (tertiary/aromatic N) is 2. The van der Waals surface area contributed by atoms with E-state index in [1.54, 1.807) is 0 Å². The van der Waals surface area contributed by atoms with Gasteiger partial charge in [-0.05, 0) is 77.9 Å². The Labute approximate surface area is 129 Å². The molecule has 3 aliphatic rings. The average Bonchev–Trinajstić information content (AvgIpc) is 3.18. The summed E-state index contributed by atoms with van der Waals surface area (Å²) in [6, 6.07) is 1.13. The van der Waals surface area contributed by atoms with E-state index < -0.39 is 0 Å². The second-order valence-electron chi connectivity index (χ2n) is 7.40. The minimum Gasteiger partial charge on any atom is -0.339 e. The lowest BCUT2D eigenvalue weighted by atomic mass is 10.0. The summed E-state index contributed by atoms with van der Waals surface area (Å²) in [7, 11) is 0. The predicted molar refractivity (Wildman–Crippen MR) is 85.2 cm³/mol. The zero-order valence-electron chi connectivity index (χ0n) is 13.7. The van der Waals surface area contributed by atoms with Crippen LogP contribution in [0.1, 0.15) is 52.4 Å². The molecule has 0 bridgehead atoms. The molecular formula is C17H31N3O. The van der Waals surface area contributed by atoms with Gasteiger partial charge in [0.05, 0.1) is 6.04 Å². The molecule has 2 saturated heterocycles. The summed E-state index contributed by atoms with van der Waals surface area (Å²) in [4.78, 5) is 17.8. The monoisotopic (exact) mass is 293 g/mol. The van der Waals surface area contributed by atoms with Gasteiger partial charge in [0.15, 0.2) is 0 Å². The molecule has 1 saturated carbocycles. The molecule has 21 heavy (non-hydrogen) atoms. The van der Waals surface area contributed by atoms with Gasteiger partial charge in [-0.3, -0.25) is 9.69 Å². The van der Waals surface area contributed by atoms with Gasteiger partial charge in [0.1, 0.15) is 0 Å². The Balaban J connectivity index is 1.65. The Morgan fingerprint density at radius 1 is 1.19 bits per heavy atom. The fraction of sp³-hybridized carbons (Fsp3) is 0.941. The number of piperidine rings is 1. The molecular weight excluding hydrogens is 262 g/mol. The highest BCUT2D eigenvalue weighted by atomic mass is 16.2. The topological polar surface area (TPSA) is 35.6 Å². The zero-order valence-corrected chi connectivity index (χ0v) is 13.7. The van der Waals surface area contributed by atoms with Crippen LogP contribution in [0.15, 0.2) is 0 Å². The van der Waals surface area contributed by atoms with Crippen molar-refractivity contribution in [2.24, 2.45) is 5.92 Å². The van der Waals surface area contributed by atoms with E-state index in [4.69, 9.17) is 0 Å². The van der Waals surface area contributed by atoms with E-state index in [1.807, 2.05) is 0 Å². The first-order chi connectivity index (χ1) is 10.2. The molecule has 2 heterocycles. The molecule has 2 aliphatic heterocycles. The molecule has 1 aliphatic carbocycles. The van der Waals surface area contributed by atoms with Gasteiger partial charge >= 0.3 is 0 Å². The normalized spacial score (nSPS) is 28.2. The van der Waals surface area contributed by atoms with Gasteiger partial charge in [0, 0.05) is 18.6 Å². The smallest absolute Gasteiger partial charge is 0.240 e. The Kier molecular flexibility index (Phi) is 4.85. The summed E-state index contributed by atoms with van der Waals surface area (Å²) >= 11 is 0. The van der Waals surface area contributed by atoms with Gasteiger partial charge < -0.3 is 10.2 Å². The number of amides is 1. The van der Waals surface area contributed by atoms with Crippen LogP contribution in [0.4, 0.5) is 0 Å². The quantitative estimate of drug-likeness (QED) is 0.840. The summed E-state index contributed by atoms with van der Waals surface area (Å²) in [6.45, 7) is 8.67. The van der Waals surface area contributed by atoms with Crippen molar-refractivity contribution >= 4 is 5.91 Å². The molecule has 1 amide bonds. The second-order valence-corrected chi connectivity index (χ2v) is 7.40. The van der Waals surface area contributed by atoms with Gasteiger partial charge in [0.2, 0.25) is 5.91 Å². The van der Waals surface area contributed by atoms with Crippen molar-refractivity contribution in [1.29, 1.82) is 0 Å². The van der Waals surface area contributed by atoms with Crippen LogP contribution in [0.5, 0.6) is 0 Å². The third-order valence-electron chi connectivity index (χ3n) is 5.42. The maximum Gasteiger partial charge on any atom is 0.240 e. The SMILES string of the molecule is CC(C)N(CC1CC1)C(=O)C1CCCN1C1CCNCC1. The fourth-order valence-corrected chi connectivity index (χ4v) is 3.95. The van der Waals surface area contributed by atoms with Crippen molar-refractivity contribution < 1.29 is 4.79 Å². The van der Waals surface area contributed by atoms with E-state index in [9.17, 15) is 4.79 Å². The summed E-state index contributed by atoms with van der Waals surface area (Å²) in [5, 5.41) is 3.44. The molecule has 0 aromatic carbocycles. The predicted octanol–water partition coefficient (Wildman–Crippen LogP) is 1.85. The van der Waals surface area contributed by atoms with Gasteiger partial charge in [-0.25, -0.2) is 0 Å². The van der Waals surface area contributed by atoms with Crippen LogP contribution in [0.3, 0.4) is 0 Å². The molecule has 1 unspecified atom stereocenters. The van der Waals surface area contributed by atoms with E-state index in [0.29, 0.717) is 18.0 Å². The highest BCUT2D eigenvalue weighted by Crippen LogP contribution is 2.32. The third kappa shape index (κ3) is 3.59. The largest absolute Gasteiger partial charge is 0.339 e. The Bertz CT molecular complexity index is 361. The van der Waals surface area contributed by atoms with Crippen LogP contribution in [0.2, 0.25) is 0 Å². The number of likely N-dealkylation sites (tertiary alicyclic amines) is 1. The number of hydrogen-bond acceptors (Lipinski definition) is 3. The molecule has 0 aromatic heterocycles. The van der Waals surface area contributed by atoms with E-state index in [2.05, 4.69) is 29.0 Å². The maximum absolute atomic E-state index is 13.1. The van der Waals surface area contributed by atoms with E-state index in [1.165, 1.54) is 32.1 Å². The average molecular weight is 293 g/mol. The molecule has 0 aromatic rings. The van der Waals surface area contributed by atoms with Crippen LogP contribution in [-0.2, 0) is 4.79 Å². The van der Waals surface area contributed by atoms with Crippen LogP contribution in [-0.4, -0.2) is 60.0 Å². The molecule has 4 heteroatoms. The molecule has 0 spiro atoms. The third-order valence-corrected chi connectivity index (χ3v) is 5.42. The zero-order chi connectivity index (χ0) is 14.8. The van der Waals surface area contributed by atoms with Crippen molar-refractivity contribution in [3.8, 4) is 0 Å². The number of hydrogen-bond donors (Lipinski definition) is 1. The molecule has 1 N–H and O–H groups in total. The van der Waals surface area contributed by atoms with Crippen molar-refractivity contribution in [2.75, 3.05) is 26.2 Å². The Morgan fingerprint density at radius 3 is 2.52 bits per heavy atom. The number of rotatable bonds is 5. The van der Waals surface area contributed by atoms with E-state index >= 15 is 0 Å². The maximum atomic E-state index is 13.1. The number of carbonyl (C=O) groups excluding carboxylic acids is 1. The highest BCUT2D eigenvalue weighted by molar-refractivity contribution is 5.82. The standard InChI is InChI=1S/C17H31N3O/c1-13(2)20(12-14-5-6-14)17(21)16-4-3-11-19(16)15-7-9-18-10-8-15/h13-16,18H,3-12H2,1-2H3. The molecule has 4 nitrogen and oxygen atoms in total. The molecule has 120 valence electrons. The number of carbonyl (C=O) groups is 1. The van der Waals surface area contributed by atoms with Crippen LogP contribution < -0.4 is 5.32 Å². The second kappa shape index (κ2) is 6.66. The lowest BCUT2D eigenvalue weighted by molar-refractivity contribution is -0.139. The first kappa shape index (κ1) is 15.3. The minimum atomic E-state index is 0.161. The van der Waals surface area contributed by atoms with Crippen molar-refractivity contribution in [1.82, 2.24) is 15.1 Å². The lowest BCUT2D eigenvalue weighted by Crippen LogP contribution is -2.53. The van der Waals surface area contributed by atoms with Crippen molar-refractivity contribution in [3.63, 3.8) is 0 Å². The van der Waals surface area contributed by atoms with Gasteiger partial charge in [-0.15, -0.1) is 0 Å². The van der Waals surface area contributed by atoms with Crippen LogP contribution in [0, 0.1) is 5.92 Å². The van der Waals surface area contributed by atoms with Gasteiger partial charge in [0.25, 0.3) is 0 Å². The summed E-state index contributed by atoms with van der Waals surface area (Å²) in [5.41, 5.74) is 0. The Hall–Kier alpha value is -0.610. The Morgan fingerprint density at radius 2 is 1.90 bits per heavy atom. The van der Waals surface area contributed by atoms with Gasteiger partial charge in [-0.2, -0.15) is 0 Å². The summed E-state index contributed by atoms with van der Waals surface area (Å²) in [5.74, 6) is 1.19. The van der Waals surface area contributed by atoms with Crippen LogP contribution in [0.25, 0.3) is 0 Å². The highest BCUT2D eigenvalue weighted by Gasteiger charge is 2.39. The lowest BCUT2D eigenvalue weighted by Gasteiger charge is -2.38. The first-order valence-electron chi connectivity index (χ1n) is 8.93. The van der Waals surface area contributed by atoms with E-state index in [-0.39, 0.29) is 6.04 Å². The minimum absolute atomic E-state index is 0.161. The van der Waals surface area contributed by atoms with Crippen molar-refractivity contribution in [3.05, 3.63) is 0 Å². The van der Waals surface area contributed by atoms with Crippen molar-refractivity contribution in [2.45, 2.75) is 70.5 Å². The van der Waals surface area contributed by atoms with Crippen LogP contribution >= 0.6 is 0 Å². The van der Waals surface area contributed by atoms with E-state index in [0.717, 1.165) is 38.5 Å². The molecule has 3 fully saturated rings. The summed E-state index contributed by atoms with van der Waals surface area (Å²) in [6.07, 6.45) is 7.30. The summed E-state index contributed by atoms with van der Waals surface area (Å²) < 4.78 is 0. The number of nitrogens with one attached hydrogen (secondary N) is 1.